The summed E-state index contributed by atoms with van der Waals surface area (Å²) in [5, 5.41) is 36.5. The van der Waals surface area contributed by atoms with Gasteiger partial charge in [-0.15, -0.1) is 0 Å². The number of ether oxygens (including phenoxy) is 2. The van der Waals surface area contributed by atoms with Crippen LogP contribution in [0.25, 0.3) is 0 Å². The van der Waals surface area contributed by atoms with Crippen LogP contribution in [0.4, 0.5) is 14.4 Å². The average molecular weight is 898 g/mol. The van der Waals surface area contributed by atoms with Crippen LogP contribution >= 0.6 is 0 Å². The summed E-state index contributed by atoms with van der Waals surface area (Å²) in [6, 6.07) is -1.25. The van der Waals surface area contributed by atoms with E-state index >= 15 is 0 Å². The molecule has 0 aromatic rings. The van der Waals surface area contributed by atoms with E-state index in [9.17, 15) is 34.2 Å². The molecule has 6 N–H and O–H groups in total. The number of likely N-dealkylation sites (N-methyl/N-ethyl adjacent to an activating group) is 1. The van der Waals surface area contributed by atoms with Crippen molar-refractivity contribution in [3.05, 3.63) is 0 Å². The summed E-state index contributed by atoms with van der Waals surface area (Å²) < 4.78 is 23.2. The molecular formula is C37H79N5O12Si4. The topological polar surface area (TPSA) is 226 Å². The van der Waals surface area contributed by atoms with Crippen molar-refractivity contribution in [2.24, 2.45) is 0 Å². The number of nitrogens with zero attached hydrogens (tertiary/aromatic N) is 2. The quantitative estimate of drug-likeness (QED) is 0.0312. The third kappa shape index (κ3) is 28.9. The SMILES string of the molecule is CN(CCO)C(=O)NCCCCCN(C(=O)NCCCCCCC(=O)OC[Si](C)(C)O[Si](C)(C)CO)C(=O)NCCCCCCC(=O)OC[Si](C)(C)O[Si](C)(C)CO. The first-order chi connectivity index (χ1) is 27.1. The van der Waals surface area contributed by atoms with Gasteiger partial charge in [-0.2, -0.15) is 0 Å². The minimum atomic E-state index is -2.23. The number of amides is 6. The maximum atomic E-state index is 13.1. The van der Waals surface area contributed by atoms with Gasteiger partial charge in [0.25, 0.3) is 0 Å². The monoisotopic (exact) mass is 897 g/mol. The van der Waals surface area contributed by atoms with Gasteiger partial charge >= 0.3 is 30.0 Å². The van der Waals surface area contributed by atoms with E-state index < -0.39 is 45.3 Å². The van der Waals surface area contributed by atoms with Crippen LogP contribution in [0.15, 0.2) is 0 Å². The fourth-order valence-corrected chi connectivity index (χ4v) is 19.8. The van der Waals surface area contributed by atoms with Crippen molar-refractivity contribution in [3.63, 3.8) is 0 Å². The maximum absolute atomic E-state index is 13.1. The van der Waals surface area contributed by atoms with Crippen molar-refractivity contribution in [2.45, 2.75) is 136 Å². The molecule has 0 aromatic carbocycles. The van der Waals surface area contributed by atoms with Gasteiger partial charge in [-0.3, -0.25) is 9.59 Å². The fourth-order valence-electron chi connectivity index (χ4n) is 5.80. The van der Waals surface area contributed by atoms with E-state index in [0.717, 1.165) is 25.7 Å². The van der Waals surface area contributed by atoms with Crippen LogP contribution in [0, 0.1) is 0 Å². The number of aliphatic hydroxyl groups excluding tert-OH is 3. The molecule has 0 heterocycles. The zero-order valence-electron chi connectivity index (χ0n) is 37.2. The molecule has 58 heavy (non-hydrogen) atoms. The molecule has 0 atom stereocenters. The molecule has 0 rings (SSSR count). The highest BCUT2D eigenvalue weighted by atomic mass is 28.4. The number of unbranched alkanes of at least 4 members (excludes halogenated alkanes) is 8. The molecule has 21 heteroatoms. The molecule has 0 fully saturated rings. The molecule has 0 aromatic heterocycles. The number of rotatable bonds is 32. The summed E-state index contributed by atoms with van der Waals surface area (Å²) in [5.41, 5.74) is 0. The predicted octanol–water partition coefficient (Wildman–Crippen LogP) is 4.49. The second kappa shape index (κ2) is 29.8. The molecule has 0 aliphatic rings. The molecule has 0 saturated carbocycles. The van der Waals surface area contributed by atoms with Gasteiger partial charge in [-0.25, -0.2) is 19.3 Å². The van der Waals surface area contributed by atoms with E-state index in [1.807, 2.05) is 52.4 Å². The summed E-state index contributed by atoms with van der Waals surface area (Å²) in [5.74, 6) is -0.542. The number of imide groups is 1. The first kappa shape index (κ1) is 55.6. The standard InChI is InChI=1S/C37H79N5O12Si4/c1-41(27-28-43)35(48)38-23-19-14-20-26-42(36(49)39-24-17-12-10-15-21-33(46)51-31-57(6,7)53-55(2,3)29-44)37(50)40-25-18-13-11-16-22-34(47)52-32-58(8,9)54-56(4,5)30-45/h43-45H,10-32H2,1-9H3,(H,38,48)(H,39,49)(H,40,50). The van der Waals surface area contributed by atoms with Crippen molar-refractivity contribution in [1.82, 2.24) is 25.8 Å². The van der Waals surface area contributed by atoms with Gasteiger partial charge < -0.3 is 53.9 Å². The minimum Gasteiger partial charge on any atom is -0.466 e. The van der Waals surface area contributed by atoms with E-state index in [4.69, 9.17) is 22.8 Å². The molecule has 0 unspecified atom stereocenters. The van der Waals surface area contributed by atoms with E-state index in [-0.39, 0.29) is 62.6 Å². The van der Waals surface area contributed by atoms with Crippen LogP contribution in [0.1, 0.15) is 83.5 Å². The third-order valence-electron chi connectivity index (χ3n) is 8.80. The van der Waals surface area contributed by atoms with Crippen LogP contribution in [-0.4, -0.2) is 160 Å². The molecule has 0 bridgehead atoms. The number of urea groups is 3. The maximum Gasteiger partial charge on any atom is 0.325 e. The molecule has 6 amide bonds. The predicted molar refractivity (Wildman–Crippen MR) is 235 cm³/mol. The van der Waals surface area contributed by atoms with Gasteiger partial charge in [-0.1, -0.05) is 25.7 Å². The Bertz CT molecular complexity index is 1140. The van der Waals surface area contributed by atoms with E-state index in [0.29, 0.717) is 77.4 Å². The first-order valence-electron chi connectivity index (χ1n) is 21.0. The Morgan fingerprint density at radius 1 is 0.483 bits per heavy atom. The first-order valence-corrected chi connectivity index (χ1v) is 33.4. The number of hydrogen-bond acceptors (Lipinski definition) is 12. The Kier molecular flexibility index (Phi) is 28.6. The summed E-state index contributed by atoms with van der Waals surface area (Å²) >= 11 is 0. The minimum absolute atomic E-state index is 0.0204. The lowest BCUT2D eigenvalue weighted by Crippen LogP contribution is -2.50. The molecule has 340 valence electrons. The summed E-state index contributed by atoms with van der Waals surface area (Å²) in [6.45, 7) is 17.2. The smallest absolute Gasteiger partial charge is 0.325 e. The molecule has 0 aliphatic carbocycles. The van der Waals surface area contributed by atoms with Crippen molar-refractivity contribution in [2.75, 3.05) is 71.3 Å². The lowest BCUT2D eigenvalue weighted by Gasteiger charge is -2.32. The highest BCUT2D eigenvalue weighted by Crippen LogP contribution is 2.16. The van der Waals surface area contributed by atoms with E-state index in [1.54, 1.807) is 7.05 Å². The van der Waals surface area contributed by atoms with Crippen molar-refractivity contribution in [3.8, 4) is 0 Å². The Morgan fingerprint density at radius 3 is 1.22 bits per heavy atom. The van der Waals surface area contributed by atoms with E-state index in [1.165, 1.54) is 9.80 Å². The van der Waals surface area contributed by atoms with Gasteiger partial charge in [0.2, 0.25) is 16.6 Å². The lowest BCUT2D eigenvalue weighted by molar-refractivity contribution is -0.143. The molecule has 0 spiro atoms. The average Bonchev–Trinajstić information content (AvgIpc) is 3.14. The van der Waals surface area contributed by atoms with Gasteiger partial charge in [0.1, 0.15) is 12.5 Å². The molecule has 0 saturated heterocycles. The Labute approximate surface area is 352 Å². The Hall–Kier alpha value is -2.38. The number of aliphatic hydroxyl groups is 3. The molecule has 0 aliphatic heterocycles. The summed E-state index contributed by atoms with van der Waals surface area (Å²) in [6.07, 6.45) is 8.83. The van der Waals surface area contributed by atoms with Crippen LogP contribution in [0.5, 0.6) is 0 Å². The second-order valence-electron chi connectivity index (χ2n) is 17.3. The van der Waals surface area contributed by atoms with Crippen LogP contribution in [0.3, 0.4) is 0 Å². The normalized spacial score (nSPS) is 12.1. The highest BCUT2D eigenvalue weighted by molar-refractivity contribution is 6.85. The molecule has 17 nitrogen and oxygen atoms in total. The third-order valence-corrected chi connectivity index (χ3v) is 20.8. The largest absolute Gasteiger partial charge is 0.466 e. The molecular weight excluding hydrogens is 819 g/mol. The fraction of sp³-hybridized carbons (Fsp3) is 0.865. The number of carbonyl (C=O) groups excluding carboxylic acids is 5. The van der Waals surface area contributed by atoms with Gasteiger partial charge in [-0.05, 0) is 97.3 Å². The van der Waals surface area contributed by atoms with Crippen molar-refractivity contribution in [1.29, 1.82) is 0 Å². The zero-order valence-corrected chi connectivity index (χ0v) is 41.2. The zero-order chi connectivity index (χ0) is 44.3. The van der Waals surface area contributed by atoms with E-state index in [2.05, 4.69) is 16.0 Å². The van der Waals surface area contributed by atoms with Crippen molar-refractivity contribution < 1.29 is 57.0 Å². The van der Waals surface area contributed by atoms with Crippen LogP contribution in [0.2, 0.25) is 52.4 Å². The number of carbonyl (C=O) groups is 5. The number of nitrogens with one attached hydrogen (secondary N) is 3. The Morgan fingerprint density at radius 2 is 0.845 bits per heavy atom. The Balaban J connectivity index is 4.70. The number of esters is 2. The van der Waals surface area contributed by atoms with Gasteiger partial charge in [0.15, 0.2) is 16.6 Å². The summed E-state index contributed by atoms with van der Waals surface area (Å²) in [4.78, 5) is 65.4. The van der Waals surface area contributed by atoms with Gasteiger partial charge in [0, 0.05) is 52.6 Å². The molecule has 0 radical (unpaired) electrons. The second-order valence-corrected chi connectivity index (χ2v) is 34.2. The highest BCUT2D eigenvalue weighted by Gasteiger charge is 2.35. The lowest BCUT2D eigenvalue weighted by atomic mass is 10.1. The summed E-state index contributed by atoms with van der Waals surface area (Å²) in [7, 11) is -7.19. The van der Waals surface area contributed by atoms with Crippen LogP contribution in [-0.2, 0) is 27.3 Å². The number of hydrogen-bond donors (Lipinski definition) is 6. The van der Waals surface area contributed by atoms with Gasteiger partial charge in [0.05, 0.1) is 19.1 Å². The van der Waals surface area contributed by atoms with Crippen LogP contribution < -0.4 is 16.0 Å². The van der Waals surface area contributed by atoms with Crippen molar-refractivity contribution >= 4 is 63.3 Å².